The fourth-order valence-corrected chi connectivity index (χ4v) is 4.98. The Labute approximate surface area is 172 Å². The Bertz CT molecular complexity index is 754. The average molecular weight is 403 g/mol. The summed E-state index contributed by atoms with van der Waals surface area (Å²) in [6.45, 7) is 7.73. The molecule has 0 aliphatic carbocycles. The van der Waals surface area contributed by atoms with Gasteiger partial charge < -0.3 is 9.80 Å². The van der Waals surface area contributed by atoms with Gasteiger partial charge >= 0.3 is 0 Å². The van der Waals surface area contributed by atoms with Crippen LogP contribution in [0.2, 0.25) is 0 Å². The fourth-order valence-electron chi connectivity index (χ4n) is 4.27. The molecule has 1 fully saturated rings. The highest BCUT2D eigenvalue weighted by molar-refractivity contribution is 7.12. The molecule has 1 aliphatic rings. The van der Waals surface area contributed by atoms with Gasteiger partial charge in [0.25, 0.3) is 5.91 Å². The molecular formula is C23H31FN2OS. The van der Waals surface area contributed by atoms with E-state index in [1.165, 1.54) is 17.4 Å². The van der Waals surface area contributed by atoms with Gasteiger partial charge in [-0.05, 0) is 67.3 Å². The lowest BCUT2D eigenvalue weighted by Gasteiger charge is -2.40. The van der Waals surface area contributed by atoms with Crippen molar-refractivity contribution in [1.82, 2.24) is 9.80 Å². The topological polar surface area (TPSA) is 23.6 Å². The first-order valence-corrected chi connectivity index (χ1v) is 11.1. The summed E-state index contributed by atoms with van der Waals surface area (Å²) in [5.74, 6) is 0.911. The lowest BCUT2D eigenvalue weighted by Crippen LogP contribution is -2.47. The highest BCUT2D eigenvalue weighted by Gasteiger charge is 2.32. The van der Waals surface area contributed by atoms with Crippen LogP contribution in [0, 0.1) is 17.7 Å². The standard InChI is InChI=1S/C23H31FN2OS/c1-17(2)16-26-12-10-18(11-13-26)21(15-19-7-4-5-8-20(19)24)25(3)23(27)22-9-6-14-28-22/h4-9,14,17-18,21H,10-13,15-16H2,1-3H3/t21-/m0/s1. The number of thiophene rings is 1. The SMILES string of the molecule is CC(C)CN1CCC([C@H](Cc2ccccc2F)N(C)C(=O)c2cccs2)CC1. The van der Waals surface area contributed by atoms with E-state index in [-0.39, 0.29) is 17.8 Å². The Morgan fingerprint density at radius 2 is 1.93 bits per heavy atom. The maximum absolute atomic E-state index is 14.4. The number of amides is 1. The van der Waals surface area contributed by atoms with E-state index in [0.717, 1.165) is 37.4 Å². The van der Waals surface area contributed by atoms with Crippen LogP contribution in [-0.4, -0.2) is 48.4 Å². The third-order valence-corrected chi connectivity index (χ3v) is 6.59. The number of carbonyl (C=O) groups excluding carboxylic acids is 1. The number of rotatable bonds is 7. The van der Waals surface area contributed by atoms with E-state index in [4.69, 9.17) is 0 Å². The smallest absolute Gasteiger partial charge is 0.263 e. The van der Waals surface area contributed by atoms with Crippen molar-refractivity contribution in [1.29, 1.82) is 0 Å². The molecule has 2 heterocycles. The van der Waals surface area contributed by atoms with Crippen LogP contribution in [0.1, 0.15) is 41.9 Å². The van der Waals surface area contributed by atoms with Crippen LogP contribution in [0.25, 0.3) is 0 Å². The Morgan fingerprint density at radius 1 is 1.21 bits per heavy atom. The molecule has 28 heavy (non-hydrogen) atoms. The number of piperidine rings is 1. The molecular weight excluding hydrogens is 371 g/mol. The fraction of sp³-hybridized carbons (Fsp3) is 0.522. The zero-order valence-corrected chi connectivity index (χ0v) is 17.9. The van der Waals surface area contributed by atoms with Gasteiger partial charge in [0.05, 0.1) is 4.88 Å². The summed E-state index contributed by atoms with van der Waals surface area (Å²) in [4.78, 5) is 18.1. The Morgan fingerprint density at radius 3 is 2.54 bits per heavy atom. The van der Waals surface area contributed by atoms with Crippen molar-refractivity contribution in [2.24, 2.45) is 11.8 Å². The molecule has 3 nitrogen and oxygen atoms in total. The predicted octanol–water partition coefficient (Wildman–Crippen LogP) is 4.94. The number of carbonyl (C=O) groups is 1. The van der Waals surface area contributed by atoms with Crippen molar-refractivity contribution in [3.05, 3.63) is 58.0 Å². The Balaban J connectivity index is 1.77. The normalized spacial score (nSPS) is 17.0. The van der Waals surface area contributed by atoms with E-state index in [1.54, 1.807) is 6.07 Å². The van der Waals surface area contributed by atoms with Gasteiger partial charge in [0.2, 0.25) is 0 Å². The van der Waals surface area contributed by atoms with Gasteiger partial charge in [-0.25, -0.2) is 4.39 Å². The molecule has 0 unspecified atom stereocenters. The highest BCUT2D eigenvalue weighted by Crippen LogP contribution is 2.28. The van der Waals surface area contributed by atoms with Crippen LogP contribution in [0.15, 0.2) is 41.8 Å². The number of nitrogens with zero attached hydrogens (tertiary/aromatic N) is 2. The second-order valence-corrected chi connectivity index (χ2v) is 9.24. The Hall–Kier alpha value is -1.72. The minimum atomic E-state index is -0.179. The number of hydrogen-bond donors (Lipinski definition) is 0. The summed E-state index contributed by atoms with van der Waals surface area (Å²) >= 11 is 1.47. The second-order valence-electron chi connectivity index (χ2n) is 8.29. The van der Waals surface area contributed by atoms with Crippen molar-refractivity contribution in [3.8, 4) is 0 Å². The van der Waals surface area contributed by atoms with Gasteiger partial charge in [0, 0.05) is 19.6 Å². The van der Waals surface area contributed by atoms with Gasteiger partial charge in [-0.1, -0.05) is 38.1 Å². The van der Waals surface area contributed by atoms with E-state index in [9.17, 15) is 9.18 Å². The largest absolute Gasteiger partial charge is 0.337 e. The summed E-state index contributed by atoms with van der Waals surface area (Å²) in [6, 6.07) is 10.7. The molecule has 1 aromatic carbocycles. The van der Waals surface area contributed by atoms with E-state index in [1.807, 2.05) is 41.6 Å². The second kappa shape index (κ2) is 9.66. The van der Waals surface area contributed by atoms with Crippen LogP contribution in [0.3, 0.4) is 0 Å². The summed E-state index contributed by atoms with van der Waals surface area (Å²) in [5, 5.41) is 1.93. The van der Waals surface area contributed by atoms with Crippen molar-refractivity contribution >= 4 is 17.2 Å². The maximum atomic E-state index is 14.4. The van der Waals surface area contributed by atoms with Gasteiger partial charge in [-0.2, -0.15) is 0 Å². The molecule has 1 aliphatic heterocycles. The van der Waals surface area contributed by atoms with Crippen LogP contribution >= 0.6 is 11.3 Å². The molecule has 1 atom stereocenters. The number of hydrogen-bond acceptors (Lipinski definition) is 3. The first-order valence-electron chi connectivity index (χ1n) is 10.2. The molecule has 0 N–H and O–H groups in total. The van der Waals surface area contributed by atoms with E-state index in [0.29, 0.717) is 23.8 Å². The lowest BCUT2D eigenvalue weighted by atomic mass is 9.84. The Kier molecular flexibility index (Phi) is 7.24. The zero-order chi connectivity index (χ0) is 20.1. The molecule has 0 radical (unpaired) electrons. The lowest BCUT2D eigenvalue weighted by molar-refractivity contribution is 0.0585. The summed E-state index contributed by atoms with van der Waals surface area (Å²) < 4.78 is 14.4. The molecule has 1 saturated heterocycles. The molecule has 152 valence electrons. The van der Waals surface area contributed by atoms with Crippen molar-refractivity contribution in [3.63, 3.8) is 0 Å². The molecule has 0 saturated carbocycles. The minimum absolute atomic E-state index is 0.00713. The van der Waals surface area contributed by atoms with E-state index in [2.05, 4.69) is 18.7 Å². The molecule has 3 rings (SSSR count). The number of halogens is 1. The number of benzene rings is 1. The van der Waals surface area contributed by atoms with Gasteiger partial charge in [-0.3, -0.25) is 4.79 Å². The molecule has 2 aromatic rings. The summed E-state index contributed by atoms with van der Waals surface area (Å²) in [7, 11) is 1.88. The molecule has 1 aromatic heterocycles. The van der Waals surface area contributed by atoms with Crippen LogP contribution < -0.4 is 0 Å². The van der Waals surface area contributed by atoms with Gasteiger partial charge in [-0.15, -0.1) is 11.3 Å². The van der Waals surface area contributed by atoms with Crippen molar-refractivity contribution < 1.29 is 9.18 Å². The first kappa shape index (κ1) is 21.0. The molecule has 5 heteroatoms. The third kappa shape index (κ3) is 5.21. The highest BCUT2D eigenvalue weighted by atomic mass is 32.1. The van der Waals surface area contributed by atoms with Gasteiger partial charge in [0.1, 0.15) is 5.82 Å². The molecule has 0 bridgehead atoms. The first-order chi connectivity index (χ1) is 13.5. The van der Waals surface area contributed by atoms with E-state index < -0.39 is 0 Å². The molecule has 1 amide bonds. The number of likely N-dealkylation sites (N-methyl/N-ethyl adjacent to an activating group) is 1. The summed E-state index contributed by atoms with van der Waals surface area (Å²) in [6.07, 6.45) is 2.66. The molecule has 0 spiro atoms. The van der Waals surface area contributed by atoms with Crippen LogP contribution in [0.5, 0.6) is 0 Å². The zero-order valence-electron chi connectivity index (χ0n) is 17.1. The monoisotopic (exact) mass is 402 g/mol. The maximum Gasteiger partial charge on any atom is 0.263 e. The van der Waals surface area contributed by atoms with Crippen molar-refractivity contribution in [2.45, 2.75) is 39.2 Å². The average Bonchev–Trinajstić information content (AvgIpc) is 3.21. The van der Waals surface area contributed by atoms with Crippen LogP contribution in [-0.2, 0) is 6.42 Å². The number of likely N-dealkylation sites (tertiary alicyclic amines) is 1. The van der Waals surface area contributed by atoms with Gasteiger partial charge in [0.15, 0.2) is 0 Å². The summed E-state index contributed by atoms with van der Waals surface area (Å²) in [5.41, 5.74) is 0.697. The van der Waals surface area contributed by atoms with E-state index >= 15 is 0 Å². The quantitative estimate of drug-likeness (QED) is 0.655. The van der Waals surface area contributed by atoms with Crippen LogP contribution in [0.4, 0.5) is 4.39 Å². The minimum Gasteiger partial charge on any atom is -0.337 e. The predicted molar refractivity (Wildman–Crippen MR) is 114 cm³/mol. The van der Waals surface area contributed by atoms with Crippen molar-refractivity contribution in [2.75, 3.05) is 26.7 Å². The third-order valence-electron chi connectivity index (χ3n) is 5.74.